The second-order valence-corrected chi connectivity index (χ2v) is 8.37. The summed E-state index contributed by atoms with van der Waals surface area (Å²) >= 11 is 0. The highest BCUT2D eigenvalue weighted by molar-refractivity contribution is 5.89. The third-order valence-electron chi connectivity index (χ3n) is 5.81. The molecule has 4 aromatic carbocycles. The van der Waals surface area contributed by atoms with Crippen molar-refractivity contribution in [2.45, 2.75) is 25.9 Å². The molecule has 0 fully saturated rings. The third kappa shape index (κ3) is 6.64. The number of rotatable bonds is 10. The summed E-state index contributed by atoms with van der Waals surface area (Å²) < 4.78 is 0. The van der Waals surface area contributed by atoms with Crippen molar-refractivity contribution in [3.8, 4) is 11.1 Å². The molecule has 0 aliphatic carbocycles. The van der Waals surface area contributed by atoms with Crippen molar-refractivity contribution in [2.75, 3.05) is 6.54 Å². The first-order valence-electron chi connectivity index (χ1n) is 11.4. The molecule has 0 amide bonds. The summed E-state index contributed by atoms with van der Waals surface area (Å²) in [6.45, 7) is 2.74. The zero-order chi connectivity index (χ0) is 22.9. The van der Waals surface area contributed by atoms with Gasteiger partial charge in [0.15, 0.2) is 0 Å². The van der Waals surface area contributed by atoms with Gasteiger partial charge in [0.1, 0.15) is 0 Å². The van der Waals surface area contributed by atoms with Gasteiger partial charge in [0.05, 0.1) is 5.56 Å². The van der Waals surface area contributed by atoms with E-state index in [2.05, 4.69) is 83.8 Å². The topological polar surface area (TPSA) is 40.5 Å². The van der Waals surface area contributed by atoms with E-state index in [4.69, 9.17) is 0 Å². The van der Waals surface area contributed by atoms with Gasteiger partial charge in [-0.1, -0.05) is 91.0 Å². The first-order chi connectivity index (χ1) is 16.2. The van der Waals surface area contributed by atoms with Gasteiger partial charge in [-0.2, -0.15) is 0 Å². The quantitative estimate of drug-likeness (QED) is 0.302. The third-order valence-corrected chi connectivity index (χ3v) is 5.81. The lowest BCUT2D eigenvalue weighted by molar-refractivity contribution is 0.0697. The molecular weight excluding hydrogens is 406 g/mol. The van der Waals surface area contributed by atoms with Crippen molar-refractivity contribution >= 4 is 5.97 Å². The predicted molar refractivity (Wildman–Crippen MR) is 134 cm³/mol. The van der Waals surface area contributed by atoms with Crippen LogP contribution in [-0.4, -0.2) is 22.5 Å². The van der Waals surface area contributed by atoms with E-state index in [-0.39, 0.29) is 0 Å². The highest BCUT2D eigenvalue weighted by atomic mass is 16.4. The number of nitrogens with zero attached hydrogens (tertiary/aromatic N) is 1. The number of carbonyl (C=O) groups is 1. The van der Waals surface area contributed by atoms with Crippen LogP contribution < -0.4 is 0 Å². The number of aromatic carboxylic acids is 1. The Balaban J connectivity index is 1.49. The molecule has 0 saturated heterocycles. The Morgan fingerprint density at radius 3 is 1.91 bits per heavy atom. The van der Waals surface area contributed by atoms with Crippen LogP contribution in [0, 0.1) is 0 Å². The van der Waals surface area contributed by atoms with Gasteiger partial charge in [0.2, 0.25) is 0 Å². The molecule has 0 heterocycles. The van der Waals surface area contributed by atoms with Gasteiger partial charge in [0.25, 0.3) is 0 Å². The van der Waals surface area contributed by atoms with E-state index in [1.807, 2.05) is 12.1 Å². The van der Waals surface area contributed by atoms with Crippen molar-refractivity contribution in [3.63, 3.8) is 0 Å². The smallest absolute Gasteiger partial charge is 0.335 e. The normalized spacial score (nSPS) is 10.9. The molecule has 0 aliphatic rings. The van der Waals surface area contributed by atoms with E-state index in [1.165, 1.54) is 16.7 Å². The largest absolute Gasteiger partial charge is 0.478 e. The van der Waals surface area contributed by atoms with Crippen LogP contribution in [0.4, 0.5) is 0 Å². The standard InChI is InChI=1S/C30H29NO2/c32-30(33)29-18-8-17-28(21-29)27-16-7-14-26(20-27)23-31(22-25-12-5-2-6-13-25)19-9-15-24-10-3-1-4-11-24/h1-8,10-14,16-18,20-21H,9,15,19,22-23H2,(H,32,33). The highest BCUT2D eigenvalue weighted by Crippen LogP contribution is 2.23. The van der Waals surface area contributed by atoms with Crippen LogP contribution in [0.15, 0.2) is 109 Å². The minimum absolute atomic E-state index is 0.310. The number of hydrogen-bond donors (Lipinski definition) is 1. The van der Waals surface area contributed by atoms with E-state index in [1.54, 1.807) is 18.2 Å². The first kappa shape index (κ1) is 22.5. The van der Waals surface area contributed by atoms with Gasteiger partial charge < -0.3 is 5.11 Å². The number of carboxylic acid groups (broad SMARTS) is 1. The van der Waals surface area contributed by atoms with Crippen molar-refractivity contribution in [3.05, 3.63) is 131 Å². The van der Waals surface area contributed by atoms with Crippen LogP contribution in [0.1, 0.15) is 33.5 Å². The summed E-state index contributed by atoms with van der Waals surface area (Å²) in [5.41, 5.74) is 6.18. The fourth-order valence-corrected chi connectivity index (χ4v) is 4.15. The second kappa shape index (κ2) is 11.3. The van der Waals surface area contributed by atoms with Gasteiger partial charge in [-0.3, -0.25) is 4.90 Å². The van der Waals surface area contributed by atoms with Gasteiger partial charge in [-0.25, -0.2) is 4.79 Å². The summed E-state index contributed by atoms with van der Waals surface area (Å²) in [7, 11) is 0. The van der Waals surface area contributed by atoms with Crippen molar-refractivity contribution < 1.29 is 9.90 Å². The van der Waals surface area contributed by atoms with Crippen LogP contribution in [0.5, 0.6) is 0 Å². The lowest BCUT2D eigenvalue weighted by atomic mass is 10.0. The van der Waals surface area contributed by atoms with E-state index < -0.39 is 5.97 Å². The average molecular weight is 436 g/mol. The van der Waals surface area contributed by atoms with E-state index >= 15 is 0 Å². The zero-order valence-corrected chi connectivity index (χ0v) is 18.7. The number of benzene rings is 4. The Bertz CT molecular complexity index is 1170. The molecule has 3 heteroatoms. The SMILES string of the molecule is O=C(O)c1cccc(-c2cccc(CN(CCCc3ccccc3)Cc3ccccc3)c2)c1. The molecule has 0 unspecified atom stereocenters. The molecule has 0 radical (unpaired) electrons. The van der Waals surface area contributed by atoms with Gasteiger partial charge in [-0.15, -0.1) is 0 Å². The van der Waals surface area contributed by atoms with Crippen LogP contribution in [0.25, 0.3) is 11.1 Å². The maximum Gasteiger partial charge on any atom is 0.335 e. The Kier molecular flexibility index (Phi) is 7.68. The summed E-state index contributed by atoms with van der Waals surface area (Å²) in [5, 5.41) is 9.33. The summed E-state index contributed by atoms with van der Waals surface area (Å²) in [5.74, 6) is -0.902. The molecule has 4 rings (SSSR count). The van der Waals surface area contributed by atoms with Crippen LogP contribution in [0.2, 0.25) is 0 Å². The molecule has 0 bridgehead atoms. The fourth-order valence-electron chi connectivity index (χ4n) is 4.15. The van der Waals surface area contributed by atoms with Gasteiger partial charge >= 0.3 is 5.97 Å². The molecule has 1 N–H and O–H groups in total. The molecule has 3 nitrogen and oxygen atoms in total. The molecule has 0 atom stereocenters. The number of carboxylic acids is 1. The monoisotopic (exact) mass is 435 g/mol. The van der Waals surface area contributed by atoms with Crippen LogP contribution in [-0.2, 0) is 19.5 Å². The zero-order valence-electron chi connectivity index (χ0n) is 18.7. The Morgan fingerprint density at radius 2 is 1.21 bits per heavy atom. The fraction of sp³-hybridized carbons (Fsp3) is 0.167. The Morgan fingerprint density at radius 1 is 0.636 bits per heavy atom. The molecule has 4 aromatic rings. The molecule has 0 spiro atoms. The van der Waals surface area contributed by atoms with Gasteiger partial charge in [0, 0.05) is 13.1 Å². The number of hydrogen-bond acceptors (Lipinski definition) is 2. The van der Waals surface area contributed by atoms with Crippen molar-refractivity contribution in [2.24, 2.45) is 0 Å². The van der Waals surface area contributed by atoms with E-state index in [9.17, 15) is 9.90 Å². The molecule has 0 saturated carbocycles. The van der Waals surface area contributed by atoms with E-state index in [0.717, 1.165) is 43.6 Å². The predicted octanol–water partition coefficient (Wildman–Crippen LogP) is 6.69. The lowest BCUT2D eigenvalue weighted by Gasteiger charge is -2.23. The Hall–Kier alpha value is -3.69. The highest BCUT2D eigenvalue weighted by Gasteiger charge is 2.10. The van der Waals surface area contributed by atoms with E-state index in [0.29, 0.717) is 5.56 Å². The van der Waals surface area contributed by atoms with Gasteiger partial charge in [-0.05, 0) is 65.4 Å². The summed E-state index contributed by atoms with van der Waals surface area (Å²) in [6.07, 6.45) is 2.16. The Labute approximate surface area is 196 Å². The first-order valence-corrected chi connectivity index (χ1v) is 11.4. The molecule has 0 aromatic heterocycles. The minimum Gasteiger partial charge on any atom is -0.478 e. The van der Waals surface area contributed by atoms with Crippen molar-refractivity contribution in [1.29, 1.82) is 0 Å². The average Bonchev–Trinajstić information content (AvgIpc) is 2.85. The summed E-state index contributed by atoms with van der Waals surface area (Å²) in [4.78, 5) is 13.9. The lowest BCUT2D eigenvalue weighted by Crippen LogP contribution is -2.24. The molecular formula is C30H29NO2. The van der Waals surface area contributed by atoms with Crippen LogP contribution >= 0.6 is 0 Å². The maximum absolute atomic E-state index is 11.4. The van der Waals surface area contributed by atoms with Crippen LogP contribution in [0.3, 0.4) is 0 Å². The van der Waals surface area contributed by atoms with Crippen molar-refractivity contribution in [1.82, 2.24) is 4.90 Å². The molecule has 0 aliphatic heterocycles. The maximum atomic E-state index is 11.4. The minimum atomic E-state index is -0.902. The summed E-state index contributed by atoms with van der Waals surface area (Å²) in [6, 6.07) is 36.8. The molecule has 33 heavy (non-hydrogen) atoms. The molecule has 166 valence electrons. The number of aryl methyl sites for hydroxylation is 1. The second-order valence-electron chi connectivity index (χ2n) is 8.37.